The first kappa shape index (κ1) is 20.7. The summed E-state index contributed by atoms with van der Waals surface area (Å²) in [6, 6.07) is 6.63. The molecule has 1 aromatic heterocycles. The molecule has 2 fully saturated rings. The molecule has 3 aliphatic rings. The Bertz CT molecular complexity index is 874. The number of fused-ring (bicyclic) bond motifs is 1. The normalized spacial score (nSPS) is 26.5. The minimum Gasteiger partial charge on any atom is -0.454 e. The Balaban J connectivity index is 1.22. The predicted octanol–water partition coefficient (Wildman–Crippen LogP) is -0.738. The highest BCUT2D eigenvalue weighted by Crippen LogP contribution is 2.32. The molecule has 0 radical (unpaired) electrons. The number of hydrogen-bond acceptors (Lipinski definition) is 6. The summed E-state index contributed by atoms with van der Waals surface area (Å²) in [5.41, 5.74) is 1.31. The van der Waals surface area contributed by atoms with Crippen molar-refractivity contribution < 1.29 is 24.0 Å². The van der Waals surface area contributed by atoms with E-state index in [0.29, 0.717) is 18.8 Å². The summed E-state index contributed by atoms with van der Waals surface area (Å²) in [5, 5.41) is 12.8. The van der Waals surface area contributed by atoms with Crippen molar-refractivity contribution in [3.8, 4) is 11.5 Å². The van der Waals surface area contributed by atoms with Gasteiger partial charge in [0, 0.05) is 18.1 Å². The van der Waals surface area contributed by atoms with Crippen LogP contribution in [0.2, 0.25) is 0 Å². The molecular weight excluding hydrogens is 396 g/mol. The molecule has 4 heterocycles. The molecule has 0 bridgehead atoms. The van der Waals surface area contributed by atoms with Gasteiger partial charge >= 0.3 is 0 Å². The Labute approximate surface area is 183 Å². The quantitative estimate of drug-likeness (QED) is 0.603. The van der Waals surface area contributed by atoms with Crippen LogP contribution >= 0.6 is 0 Å². The van der Waals surface area contributed by atoms with Gasteiger partial charge in [0.05, 0.1) is 12.6 Å². The molecule has 9 nitrogen and oxygen atoms in total. The van der Waals surface area contributed by atoms with Crippen LogP contribution in [0.4, 0.5) is 0 Å². The Morgan fingerprint density at radius 2 is 1.97 bits per heavy atom. The van der Waals surface area contributed by atoms with E-state index in [2.05, 4.69) is 41.5 Å². The fourth-order valence-electron chi connectivity index (χ4n) is 5.25. The lowest BCUT2D eigenvalue weighted by atomic mass is 10.0. The second-order valence-electron chi connectivity index (χ2n) is 9.35. The topological polar surface area (TPSA) is 80.2 Å². The fourth-order valence-corrected chi connectivity index (χ4v) is 5.25. The van der Waals surface area contributed by atoms with E-state index in [1.165, 1.54) is 5.56 Å². The average Bonchev–Trinajstić information content (AvgIpc) is 3.52. The third kappa shape index (κ3) is 4.53. The van der Waals surface area contributed by atoms with Crippen molar-refractivity contribution in [2.24, 2.45) is 5.92 Å². The number of ether oxygens (including phenoxy) is 3. The molecule has 3 aliphatic heterocycles. The van der Waals surface area contributed by atoms with E-state index >= 15 is 0 Å². The zero-order chi connectivity index (χ0) is 21.2. The lowest BCUT2D eigenvalue weighted by Crippen LogP contribution is -3.27. The summed E-state index contributed by atoms with van der Waals surface area (Å²) in [6.07, 6.45) is 2.48. The highest BCUT2D eigenvalue weighted by molar-refractivity contribution is 5.44. The highest BCUT2D eigenvalue weighted by Gasteiger charge is 2.37. The summed E-state index contributed by atoms with van der Waals surface area (Å²) >= 11 is 0. The number of rotatable bonds is 7. The third-order valence-electron chi connectivity index (χ3n) is 6.84. The van der Waals surface area contributed by atoms with Gasteiger partial charge in [0.15, 0.2) is 17.5 Å². The number of piperazine rings is 1. The van der Waals surface area contributed by atoms with Crippen LogP contribution in [-0.4, -0.2) is 65.9 Å². The molecule has 5 rings (SSSR count). The third-order valence-corrected chi connectivity index (χ3v) is 6.84. The van der Waals surface area contributed by atoms with E-state index in [1.807, 2.05) is 10.7 Å². The highest BCUT2D eigenvalue weighted by atomic mass is 16.7. The molecule has 2 N–H and O–H groups in total. The van der Waals surface area contributed by atoms with Gasteiger partial charge in [0.1, 0.15) is 32.7 Å². The van der Waals surface area contributed by atoms with E-state index in [1.54, 1.807) is 9.80 Å². The van der Waals surface area contributed by atoms with Gasteiger partial charge < -0.3 is 24.0 Å². The van der Waals surface area contributed by atoms with E-state index < -0.39 is 0 Å². The molecule has 0 unspecified atom stereocenters. The Hall–Kier alpha value is -2.23. The standard InChI is InChI=1S/C22H32N6O3/c1-16(2)21(22-23-24-25-28(22)14-18-4-3-11-29-18)27-9-7-26(8-10-27)13-17-5-6-19-20(12-17)31-15-30-19/h5-6,12,16,18,21H,3-4,7-11,13-15H2,1-2H3/p+2/t18-,21+/m0/s1. The van der Waals surface area contributed by atoms with Crippen LogP contribution in [-0.2, 0) is 17.8 Å². The van der Waals surface area contributed by atoms with E-state index in [9.17, 15) is 0 Å². The summed E-state index contributed by atoms with van der Waals surface area (Å²) < 4.78 is 18.8. The lowest BCUT2D eigenvalue weighted by Gasteiger charge is -2.35. The van der Waals surface area contributed by atoms with Crippen molar-refractivity contribution in [1.82, 2.24) is 20.2 Å². The largest absolute Gasteiger partial charge is 0.454 e. The summed E-state index contributed by atoms with van der Waals surface area (Å²) in [5.74, 6) is 3.21. The maximum absolute atomic E-state index is 5.82. The van der Waals surface area contributed by atoms with Crippen LogP contribution in [0.25, 0.3) is 0 Å². The van der Waals surface area contributed by atoms with Gasteiger partial charge in [-0.15, -0.1) is 5.10 Å². The lowest BCUT2D eigenvalue weighted by molar-refractivity contribution is -1.03. The molecule has 0 saturated carbocycles. The van der Waals surface area contributed by atoms with E-state index in [4.69, 9.17) is 14.2 Å². The van der Waals surface area contributed by atoms with Crippen molar-refractivity contribution in [3.63, 3.8) is 0 Å². The molecule has 2 saturated heterocycles. The number of tetrazole rings is 1. The van der Waals surface area contributed by atoms with Crippen LogP contribution in [0, 0.1) is 5.92 Å². The Morgan fingerprint density at radius 3 is 2.74 bits per heavy atom. The minimum atomic E-state index is 0.244. The van der Waals surface area contributed by atoms with Crippen molar-refractivity contribution in [1.29, 1.82) is 0 Å². The summed E-state index contributed by atoms with van der Waals surface area (Å²) in [7, 11) is 0. The smallest absolute Gasteiger partial charge is 0.231 e. The minimum absolute atomic E-state index is 0.244. The van der Waals surface area contributed by atoms with E-state index in [-0.39, 0.29) is 6.10 Å². The molecule has 9 heteroatoms. The van der Waals surface area contributed by atoms with Gasteiger partial charge in [-0.1, -0.05) is 13.8 Å². The van der Waals surface area contributed by atoms with Crippen LogP contribution in [0.15, 0.2) is 18.2 Å². The second-order valence-corrected chi connectivity index (χ2v) is 9.35. The maximum Gasteiger partial charge on any atom is 0.231 e. The first-order chi connectivity index (χ1) is 15.2. The monoisotopic (exact) mass is 430 g/mol. The van der Waals surface area contributed by atoms with Gasteiger partial charge in [0.2, 0.25) is 12.6 Å². The number of nitrogens with one attached hydrogen (secondary N) is 2. The fraction of sp³-hybridized carbons (Fsp3) is 0.682. The summed E-state index contributed by atoms with van der Waals surface area (Å²) in [6.45, 7) is 12.1. The summed E-state index contributed by atoms with van der Waals surface area (Å²) in [4.78, 5) is 3.21. The molecule has 0 spiro atoms. The van der Waals surface area contributed by atoms with Crippen LogP contribution in [0.1, 0.15) is 44.1 Å². The second kappa shape index (κ2) is 9.10. The SMILES string of the molecule is CC(C)[C@H](c1nnnn1C[C@@H]1CCCO1)[NH+]1CC[NH+](Cc2ccc3c(c2)OCO3)CC1. The average molecular weight is 431 g/mol. The van der Waals surface area contributed by atoms with Gasteiger partial charge in [-0.05, 0) is 41.5 Å². The zero-order valence-electron chi connectivity index (χ0n) is 18.5. The van der Waals surface area contributed by atoms with Crippen LogP contribution in [0.5, 0.6) is 11.5 Å². The molecule has 2 aromatic rings. The van der Waals surface area contributed by atoms with Crippen LogP contribution in [0.3, 0.4) is 0 Å². The first-order valence-corrected chi connectivity index (χ1v) is 11.6. The number of aromatic nitrogens is 4. The molecule has 1 aromatic carbocycles. The van der Waals surface area contributed by atoms with Crippen molar-refractivity contribution in [2.45, 2.75) is 51.9 Å². The van der Waals surface area contributed by atoms with Gasteiger partial charge in [-0.2, -0.15) is 0 Å². The van der Waals surface area contributed by atoms with Crippen molar-refractivity contribution in [2.75, 3.05) is 39.6 Å². The van der Waals surface area contributed by atoms with Gasteiger partial charge in [-0.3, -0.25) is 0 Å². The van der Waals surface area contributed by atoms with Crippen LogP contribution < -0.4 is 19.3 Å². The number of quaternary nitrogens is 2. The molecular formula is C22H34N6O3+2. The van der Waals surface area contributed by atoms with Gasteiger partial charge in [0.25, 0.3) is 0 Å². The molecule has 168 valence electrons. The van der Waals surface area contributed by atoms with Crippen molar-refractivity contribution in [3.05, 3.63) is 29.6 Å². The zero-order valence-corrected chi connectivity index (χ0v) is 18.5. The maximum atomic E-state index is 5.82. The number of hydrogen-bond donors (Lipinski definition) is 2. The van der Waals surface area contributed by atoms with Crippen molar-refractivity contribution >= 4 is 0 Å². The molecule has 0 aliphatic carbocycles. The molecule has 2 atom stereocenters. The number of nitrogens with zero attached hydrogens (tertiary/aromatic N) is 4. The van der Waals surface area contributed by atoms with Gasteiger partial charge in [-0.25, -0.2) is 4.68 Å². The van der Waals surface area contributed by atoms with E-state index in [0.717, 1.165) is 76.0 Å². The predicted molar refractivity (Wildman–Crippen MR) is 112 cm³/mol. The Kier molecular flexibility index (Phi) is 6.06. The number of benzene rings is 1. The molecule has 0 amide bonds. The molecule has 31 heavy (non-hydrogen) atoms. The first-order valence-electron chi connectivity index (χ1n) is 11.6. The Morgan fingerprint density at radius 1 is 1.13 bits per heavy atom.